The number of likely N-dealkylation sites (tertiary alicyclic amines) is 1. The van der Waals surface area contributed by atoms with Crippen LogP contribution in [0.5, 0.6) is 0 Å². The normalized spacial score (nSPS) is 21.1. The Morgan fingerprint density at radius 3 is 2.52 bits per heavy atom. The quantitative estimate of drug-likeness (QED) is 0.703. The molecule has 1 aromatic rings. The van der Waals surface area contributed by atoms with Crippen molar-refractivity contribution in [2.45, 2.75) is 18.5 Å². The van der Waals surface area contributed by atoms with Crippen LogP contribution < -0.4 is 5.32 Å². The van der Waals surface area contributed by atoms with Crippen molar-refractivity contribution in [2.75, 3.05) is 12.3 Å². The lowest BCUT2D eigenvalue weighted by Crippen LogP contribution is -2.42. The minimum Gasteiger partial charge on any atom is -0.480 e. The molecule has 0 aromatic heterocycles. The molecule has 0 aliphatic carbocycles. The standard InChI is InChI=1S/C14H16N2O4S/c17-12(8-21)16-7-10(6-11(16)14(19)20)15-13(18)9-4-2-1-3-5-9/h1-5,10-11,21H,6-8H2,(H,15,18)(H,19,20). The predicted molar refractivity (Wildman–Crippen MR) is 79.3 cm³/mol. The van der Waals surface area contributed by atoms with Crippen LogP contribution in [0.4, 0.5) is 0 Å². The van der Waals surface area contributed by atoms with Gasteiger partial charge >= 0.3 is 5.97 Å². The average Bonchev–Trinajstić information content (AvgIpc) is 2.91. The Morgan fingerprint density at radius 1 is 1.29 bits per heavy atom. The number of nitrogens with one attached hydrogen (secondary N) is 1. The van der Waals surface area contributed by atoms with Gasteiger partial charge in [0.1, 0.15) is 6.04 Å². The van der Waals surface area contributed by atoms with Crippen LogP contribution in [0, 0.1) is 0 Å². The van der Waals surface area contributed by atoms with Crippen LogP contribution in [0.25, 0.3) is 0 Å². The summed E-state index contributed by atoms with van der Waals surface area (Å²) < 4.78 is 0. The molecule has 2 amide bonds. The molecule has 2 atom stereocenters. The van der Waals surface area contributed by atoms with Gasteiger partial charge in [0.15, 0.2) is 0 Å². The third kappa shape index (κ3) is 3.55. The van der Waals surface area contributed by atoms with Crippen molar-refractivity contribution in [1.82, 2.24) is 10.2 Å². The summed E-state index contributed by atoms with van der Waals surface area (Å²) in [6.07, 6.45) is 0.202. The Kier molecular flexibility index (Phi) is 4.85. The van der Waals surface area contributed by atoms with Crippen LogP contribution in [0.15, 0.2) is 30.3 Å². The van der Waals surface area contributed by atoms with Crippen molar-refractivity contribution >= 4 is 30.4 Å². The van der Waals surface area contributed by atoms with Gasteiger partial charge in [0, 0.05) is 24.6 Å². The first kappa shape index (κ1) is 15.4. The lowest BCUT2D eigenvalue weighted by Gasteiger charge is -2.20. The topological polar surface area (TPSA) is 86.7 Å². The largest absolute Gasteiger partial charge is 0.480 e. The van der Waals surface area contributed by atoms with E-state index >= 15 is 0 Å². The number of rotatable bonds is 4. The van der Waals surface area contributed by atoms with Crippen LogP contribution >= 0.6 is 12.6 Å². The summed E-state index contributed by atoms with van der Waals surface area (Å²) in [5.74, 6) is -1.74. The van der Waals surface area contributed by atoms with Gasteiger partial charge in [-0.05, 0) is 12.1 Å². The number of hydrogen-bond donors (Lipinski definition) is 3. The lowest BCUT2D eigenvalue weighted by molar-refractivity contribution is -0.147. The van der Waals surface area contributed by atoms with Gasteiger partial charge in [0.05, 0.1) is 5.75 Å². The van der Waals surface area contributed by atoms with E-state index < -0.39 is 12.0 Å². The highest BCUT2D eigenvalue weighted by atomic mass is 32.1. The van der Waals surface area contributed by atoms with Gasteiger partial charge in [-0.25, -0.2) is 4.79 Å². The molecule has 1 heterocycles. The smallest absolute Gasteiger partial charge is 0.326 e. The number of nitrogens with zero attached hydrogens (tertiary/aromatic N) is 1. The second kappa shape index (κ2) is 6.62. The number of carbonyl (C=O) groups excluding carboxylic acids is 2. The van der Waals surface area contributed by atoms with Crippen LogP contribution in [0.1, 0.15) is 16.8 Å². The van der Waals surface area contributed by atoms with Crippen molar-refractivity contribution in [3.63, 3.8) is 0 Å². The Labute approximate surface area is 127 Å². The van der Waals surface area contributed by atoms with E-state index in [1.165, 1.54) is 4.90 Å². The van der Waals surface area contributed by atoms with Crippen LogP contribution in [-0.4, -0.2) is 52.2 Å². The highest BCUT2D eigenvalue weighted by Crippen LogP contribution is 2.19. The van der Waals surface area contributed by atoms with E-state index in [9.17, 15) is 14.4 Å². The van der Waals surface area contributed by atoms with Gasteiger partial charge in [0.25, 0.3) is 5.91 Å². The van der Waals surface area contributed by atoms with E-state index in [0.29, 0.717) is 5.56 Å². The number of carboxylic acids is 1. The number of hydrogen-bond acceptors (Lipinski definition) is 4. The Balaban J connectivity index is 2.04. The zero-order chi connectivity index (χ0) is 15.4. The Bertz CT molecular complexity index is 549. The molecule has 2 N–H and O–H groups in total. The minimum absolute atomic E-state index is 0.0524. The molecule has 1 aliphatic heterocycles. The van der Waals surface area contributed by atoms with E-state index in [-0.39, 0.29) is 36.6 Å². The van der Waals surface area contributed by atoms with Gasteiger partial charge in [0.2, 0.25) is 5.91 Å². The first-order chi connectivity index (χ1) is 10.0. The van der Waals surface area contributed by atoms with Gasteiger partial charge in [-0.2, -0.15) is 12.6 Å². The molecule has 6 nitrogen and oxygen atoms in total. The minimum atomic E-state index is -1.07. The van der Waals surface area contributed by atoms with Crippen LogP contribution in [0.3, 0.4) is 0 Å². The molecule has 2 rings (SSSR count). The third-order valence-corrected chi connectivity index (χ3v) is 3.68. The molecule has 112 valence electrons. The number of thiol groups is 1. The molecule has 1 saturated heterocycles. The molecule has 21 heavy (non-hydrogen) atoms. The predicted octanol–water partition coefficient (Wildman–Crippen LogP) is 0.400. The number of amides is 2. The molecule has 0 spiro atoms. The monoisotopic (exact) mass is 308 g/mol. The van der Waals surface area contributed by atoms with E-state index in [4.69, 9.17) is 5.11 Å². The lowest BCUT2D eigenvalue weighted by atomic mass is 10.1. The Morgan fingerprint density at radius 2 is 1.95 bits per heavy atom. The summed E-state index contributed by atoms with van der Waals surface area (Å²) >= 11 is 3.88. The molecular formula is C14H16N2O4S. The second-order valence-electron chi connectivity index (χ2n) is 4.83. The summed E-state index contributed by atoms with van der Waals surface area (Å²) in [5, 5.41) is 11.9. The average molecular weight is 308 g/mol. The molecule has 1 aliphatic rings. The maximum atomic E-state index is 12.0. The molecule has 0 bridgehead atoms. The summed E-state index contributed by atoms with van der Waals surface area (Å²) in [4.78, 5) is 36.2. The molecule has 2 unspecified atom stereocenters. The SMILES string of the molecule is O=C(NC1CC(C(=O)O)N(C(=O)CS)C1)c1ccccc1. The zero-order valence-electron chi connectivity index (χ0n) is 11.2. The molecule has 1 fully saturated rings. The van der Waals surface area contributed by atoms with E-state index in [0.717, 1.165) is 0 Å². The number of benzene rings is 1. The van der Waals surface area contributed by atoms with E-state index in [1.807, 2.05) is 0 Å². The van der Waals surface area contributed by atoms with Crippen molar-refractivity contribution < 1.29 is 19.5 Å². The summed E-state index contributed by atoms with van der Waals surface area (Å²) in [7, 11) is 0. The fourth-order valence-corrected chi connectivity index (χ4v) is 2.58. The highest BCUT2D eigenvalue weighted by molar-refractivity contribution is 7.81. The van der Waals surface area contributed by atoms with Crippen molar-refractivity contribution in [2.24, 2.45) is 0 Å². The van der Waals surface area contributed by atoms with Crippen LogP contribution in [-0.2, 0) is 9.59 Å². The molecule has 1 aromatic carbocycles. The maximum absolute atomic E-state index is 12.0. The molecular weight excluding hydrogens is 292 g/mol. The van der Waals surface area contributed by atoms with Crippen LogP contribution in [0.2, 0.25) is 0 Å². The van der Waals surface area contributed by atoms with Crippen molar-refractivity contribution in [1.29, 1.82) is 0 Å². The van der Waals surface area contributed by atoms with Gasteiger partial charge in [-0.3, -0.25) is 9.59 Å². The number of carboxylic acid groups (broad SMARTS) is 1. The van der Waals surface area contributed by atoms with Crippen molar-refractivity contribution in [3.8, 4) is 0 Å². The third-order valence-electron chi connectivity index (χ3n) is 3.41. The molecule has 7 heteroatoms. The first-order valence-electron chi connectivity index (χ1n) is 6.52. The van der Waals surface area contributed by atoms with Gasteiger partial charge in [-0.15, -0.1) is 0 Å². The number of aliphatic carboxylic acids is 1. The Hall–Kier alpha value is -2.02. The summed E-state index contributed by atoms with van der Waals surface area (Å²) in [6, 6.07) is 7.37. The second-order valence-corrected chi connectivity index (χ2v) is 5.15. The van der Waals surface area contributed by atoms with E-state index in [1.54, 1.807) is 30.3 Å². The molecule has 0 saturated carbocycles. The van der Waals surface area contributed by atoms with Crippen molar-refractivity contribution in [3.05, 3.63) is 35.9 Å². The molecule has 0 radical (unpaired) electrons. The summed E-state index contributed by atoms with van der Waals surface area (Å²) in [6.45, 7) is 0.189. The van der Waals surface area contributed by atoms with E-state index in [2.05, 4.69) is 17.9 Å². The van der Waals surface area contributed by atoms with Gasteiger partial charge < -0.3 is 15.3 Å². The maximum Gasteiger partial charge on any atom is 0.326 e. The number of carbonyl (C=O) groups is 3. The zero-order valence-corrected chi connectivity index (χ0v) is 12.1. The summed E-state index contributed by atoms with van der Waals surface area (Å²) in [5.41, 5.74) is 0.503. The highest BCUT2D eigenvalue weighted by Gasteiger charge is 2.39. The first-order valence-corrected chi connectivity index (χ1v) is 7.15. The fraction of sp³-hybridized carbons (Fsp3) is 0.357. The fourth-order valence-electron chi connectivity index (χ4n) is 2.40. The van der Waals surface area contributed by atoms with Gasteiger partial charge in [-0.1, -0.05) is 18.2 Å².